The summed E-state index contributed by atoms with van der Waals surface area (Å²) in [7, 11) is 3.59. The molecule has 0 saturated heterocycles. The highest BCUT2D eigenvalue weighted by molar-refractivity contribution is 9.09. The van der Waals surface area contributed by atoms with Gasteiger partial charge in [0, 0.05) is 26.1 Å². The molecular formula is C13H24BrNO2. The molecule has 0 aromatic heterocycles. The van der Waals surface area contributed by atoms with Crippen LogP contribution in [0, 0.1) is 5.41 Å². The minimum atomic E-state index is -0.0749. The standard InChI is InChI=1S/C13H24BrNO2/c1-4-13(7-5-6-8-13)12(16)15(2)9-11(14)10-17-3/h11H,4-10H2,1-3H3. The number of nitrogens with zero attached hydrogens (tertiary/aromatic N) is 1. The van der Waals surface area contributed by atoms with E-state index in [1.54, 1.807) is 7.11 Å². The zero-order chi connectivity index (χ0) is 12.9. The van der Waals surface area contributed by atoms with Crippen molar-refractivity contribution >= 4 is 21.8 Å². The van der Waals surface area contributed by atoms with Gasteiger partial charge in [0.25, 0.3) is 0 Å². The molecule has 0 heterocycles. The average Bonchev–Trinajstić information content (AvgIpc) is 2.78. The Balaban J connectivity index is 2.55. The number of rotatable bonds is 6. The largest absolute Gasteiger partial charge is 0.383 e. The monoisotopic (exact) mass is 305 g/mol. The Bertz CT molecular complexity index is 252. The Morgan fingerprint density at radius 3 is 2.53 bits per heavy atom. The summed E-state index contributed by atoms with van der Waals surface area (Å²) in [4.78, 5) is 14.6. The maximum Gasteiger partial charge on any atom is 0.228 e. The lowest BCUT2D eigenvalue weighted by molar-refractivity contribution is -0.140. The van der Waals surface area contributed by atoms with Gasteiger partial charge in [0.05, 0.1) is 11.4 Å². The van der Waals surface area contributed by atoms with Crippen LogP contribution in [0.2, 0.25) is 0 Å². The minimum absolute atomic E-state index is 0.0749. The molecule has 0 radical (unpaired) electrons. The molecule has 1 fully saturated rings. The van der Waals surface area contributed by atoms with E-state index in [0.717, 1.165) is 19.3 Å². The van der Waals surface area contributed by atoms with Gasteiger partial charge in [0.1, 0.15) is 0 Å². The summed E-state index contributed by atoms with van der Waals surface area (Å²) in [6.45, 7) is 3.49. The predicted octanol–water partition coefficient (Wildman–Crippen LogP) is 2.83. The third kappa shape index (κ3) is 3.68. The number of methoxy groups -OCH3 is 1. The first-order chi connectivity index (χ1) is 8.05. The first kappa shape index (κ1) is 15.0. The van der Waals surface area contributed by atoms with E-state index >= 15 is 0 Å². The molecule has 0 N–H and O–H groups in total. The second-order valence-electron chi connectivity index (χ2n) is 5.08. The molecule has 4 heteroatoms. The molecule has 1 aliphatic rings. The summed E-state index contributed by atoms with van der Waals surface area (Å²) in [6.07, 6.45) is 5.48. The molecule has 1 aliphatic carbocycles. The van der Waals surface area contributed by atoms with Crippen LogP contribution in [0.15, 0.2) is 0 Å². The van der Waals surface area contributed by atoms with Crippen LogP contribution >= 0.6 is 15.9 Å². The molecule has 1 unspecified atom stereocenters. The smallest absolute Gasteiger partial charge is 0.228 e. The van der Waals surface area contributed by atoms with Gasteiger partial charge in [0.2, 0.25) is 5.91 Å². The van der Waals surface area contributed by atoms with Gasteiger partial charge in [-0.05, 0) is 19.3 Å². The molecule has 3 nitrogen and oxygen atoms in total. The number of halogens is 1. The number of carbonyl (C=O) groups is 1. The van der Waals surface area contributed by atoms with Gasteiger partial charge in [-0.25, -0.2) is 0 Å². The molecule has 1 atom stereocenters. The van der Waals surface area contributed by atoms with Crippen LogP contribution in [0.1, 0.15) is 39.0 Å². The highest BCUT2D eigenvalue weighted by Gasteiger charge is 2.41. The van der Waals surface area contributed by atoms with Crippen molar-refractivity contribution in [1.29, 1.82) is 0 Å². The molecule has 0 spiro atoms. The van der Waals surface area contributed by atoms with Gasteiger partial charge in [0.15, 0.2) is 0 Å². The van der Waals surface area contributed by atoms with Gasteiger partial charge in [-0.3, -0.25) is 4.79 Å². The van der Waals surface area contributed by atoms with E-state index < -0.39 is 0 Å². The van der Waals surface area contributed by atoms with Gasteiger partial charge in [-0.15, -0.1) is 0 Å². The lowest BCUT2D eigenvalue weighted by Crippen LogP contribution is -2.43. The van der Waals surface area contributed by atoms with Crippen molar-refractivity contribution in [3.05, 3.63) is 0 Å². The molecule has 1 rings (SSSR count). The molecular weight excluding hydrogens is 282 g/mol. The summed E-state index contributed by atoms with van der Waals surface area (Å²) >= 11 is 3.54. The third-order valence-corrected chi connectivity index (χ3v) is 4.41. The zero-order valence-electron chi connectivity index (χ0n) is 11.2. The fourth-order valence-corrected chi connectivity index (χ4v) is 3.49. The van der Waals surface area contributed by atoms with Crippen LogP contribution in [0.25, 0.3) is 0 Å². The Morgan fingerprint density at radius 2 is 2.06 bits per heavy atom. The Hall–Kier alpha value is -0.0900. The number of carbonyl (C=O) groups excluding carboxylic acids is 1. The predicted molar refractivity (Wildman–Crippen MR) is 73.4 cm³/mol. The maximum atomic E-state index is 12.5. The Morgan fingerprint density at radius 1 is 1.47 bits per heavy atom. The van der Waals surface area contributed by atoms with Crippen LogP contribution in [0.4, 0.5) is 0 Å². The van der Waals surface area contributed by atoms with Crippen LogP contribution in [0.3, 0.4) is 0 Å². The van der Waals surface area contributed by atoms with Crippen molar-refractivity contribution in [1.82, 2.24) is 4.90 Å². The van der Waals surface area contributed by atoms with Crippen molar-refractivity contribution < 1.29 is 9.53 Å². The summed E-state index contributed by atoms with van der Waals surface area (Å²) in [5.74, 6) is 0.318. The van der Waals surface area contributed by atoms with Crippen molar-refractivity contribution in [2.75, 3.05) is 27.3 Å². The SMILES string of the molecule is CCC1(C(=O)N(C)CC(Br)COC)CCCC1. The zero-order valence-corrected chi connectivity index (χ0v) is 12.8. The summed E-state index contributed by atoms with van der Waals surface area (Å²) < 4.78 is 5.08. The van der Waals surface area contributed by atoms with Gasteiger partial charge < -0.3 is 9.64 Å². The third-order valence-electron chi connectivity index (χ3n) is 3.86. The average molecular weight is 306 g/mol. The van der Waals surface area contributed by atoms with Crippen LogP contribution in [0.5, 0.6) is 0 Å². The van der Waals surface area contributed by atoms with Gasteiger partial charge in [-0.2, -0.15) is 0 Å². The normalized spacial score (nSPS) is 20.2. The van der Waals surface area contributed by atoms with Crippen LogP contribution in [-0.2, 0) is 9.53 Å². The molecule has 100 valence electrons. The molecule has 1 saturated carbocycles. The summed E-state index contributed by atoms with van der Waals surface area (Å²) in [5.41, 5.74) is -0.0749. The van der Waals surface area contributed by atoms with E-state index in [2.05, 4.69) is 22.9 Å². The maximum absolute atomic E-state index is 12.5. The quantitative estimate of drug-likeness (QED) is 0.706. The van der Waals surface area contributed by atoms with E-state index in [9.17, 15) is 4.79 Å². The van der Waals surface area contributed by atoms with Gasteiger partial charge >= 0.3 is 0 Å². The first-order valence-corrected chi connectivity index (χ1v) is 7.36. The second kappa shape index (κ2) is 6.74. The Labute approximate surface area is 113 Å². The first-order valence-electron chi connectivity index (χ1n) is 6.44. The van der Waals surface area contributed by atoms with Crippen molar-refractivity contribution in [2.24, 2.45) is 5.41 Å². The number of hydrogen-bond acceptors (Lipinski definition) is 2. The number of amides is 1. The number of ether oxygens (including phenoxy) is 1. The Kier molecular flexibility index (Phi) is 5.93. The van der Waals surface area contributed by atoms with Crippen molar-refractivity contribution in [2.45, 2.75) is 43.9 Å². The fourth-order valence-electron chi connectivity index (χ4n) is 2.79. The van der Waals surface area contributed by atoms with E-state index in [1.165, 1.54) is 12.8 Å². The summed E-state index contributed by atoms with van der Waals surface area (Å²) in [6, 6.07) is 0. The lowest BCUT2D eigenvalue weighted by Gasteiger charge is -2.32. The van der Waals surface area contributed by atoms with Crippen LogP contribution in [-0.4, -0.2) is 42.9 Å². The molecule has 0 aromatic carbocycles. The fraction of sp³-hybridized carbons (Fsp3) is 0.923. The van der Waals surface area contributed by atoms with Crippen molar-refractivity contribution in [3.8, 4) is 0 Å². The highest BCUT2D eigenvalue weighted by atomic mass is 79.9. The second-order valence-corrected chi connectivity index (χ2v) is 6.37. The lowest BCUT2D eigenvalue weighted by atomic mass is 9.82. The van der Waals surface area contributed by atoms with E-state index in [4.69, 9.17) is 4.74 Å². The topological polar surface area (TPSA) is 29.5 Å². The molecule has 0 aromatic rings. The molecule has 17 heavy (non-hydrogen) atoms. The minimum Gasteiger partial charge on any atom is -0.383 e. The van der Waals surface area contributed by atoms with E-state index in [0.29, 0.717) is 19.1 Å². The number of alkyl halides is 1. The number of hydrogen-bond donors (Lipinski definition) is 0. The van der Waals surface area contributed by atoms with E-state index in [1.807, 2.05) is 11.9 Å². The molecule has 0 aliphatic heterocycles. The van der Waals surface area contributed by atoms with E-state index in [-0.39, 0.29) is 10.2 Å². The highest BCUT2D eigenvalue weighted by Crippen LogP contribution is 2.42. The molecule has 0 bridgehead atoms. The van der Waals surface area contributed by atoms with Crippen LogP contribution < -0.4 is 0 Å². The van der Waals surface area contributed by atoms with Crippen molar-refractivity contribution in [3.63, 3.8) is 0 Å². The van der Waals surface area contributed by atoms with Gasteiger partial charge in [-0.1, -0.05) is 35.7 Å². The summed E-state index contributed by atoms with van der Waals surface area (Å²) in [5, 5.41) is 0. The molecule has 1 amide bonds.